The highest BCUT2D eigenvalue weighted by Gasteiger charge is 2.04. The lowest BCUT2D eigenvalue weighted by atomic mass is 10.3. The minimum atomic E-state index is 0.969. The lowest BCUT2D eigenvalue weighted by molar-refractivity contribution is 0.462. The Morgan fingerprint density at radius 3 is 2.80 bits per heavy atom. The highest BCUT2D eigenvalue weighted by atomic mass is 15.3. The molecule has 5 heteroatoms. The van der Waals surface area contributed by atoms with Crippen LogP contribution in [0.3, 0.4) is 0 Å². The molecule has 1 aromatic heterocycles. The zero-order chi connectivity index (χ0) is 14.8. The fraction of sp³-hybridized carbons (Fsp3) is 0.733. The van der Waals surface area contributed by atoms with Gasteiger partial charge in [-0.15, -0.1) is 0 Å². The molecule has 0 spiro atoms. The van der Waals surface area contributed by atoms with E-state index < -0.39 is 0 Å². The highest BCUT2D eigenvalue weighted by Crippen LogP contribution is 1.99. The zero-order valence-corrected chi connectivity index (χ0v) is 13.4. The maximum atomic E-state index is 4.32. The van der Waals surface area contributed by atoms with Crippen molar-refractivity contribution in [3.05, 3.63) is 18.2 Å². The molecular weight excluding hydrogens is 250 g/mol. The van der Waals surface area contributed by atoms with Crippen molar-refractivity contribution in [3.8, 4) is 0 Å². The van der Waals surface area contributed by atoms with Crippen LogP contribution in [0.15, 0.2) is 17.4 Å². The number of aromatic nitrogens is 2. The Morgan fingerprint density at radius 2 is 2.20 bits per heavy atom. The van der Waals surface area contributed by atoms with E-state index in [0.29, 0.717) is 0 Å². The van der Waals surface area contributed by atoms with Gasteiger partial charge in [0.2, 0.25) is 0 Å². The van der Waals surface area contributed by atoms with Gasteiger partial charge in [-0.05, 0) is 26.2 Å². The van der Waals surface area contributed by atoms with Crippen LogP contribution in [-0.2, 0) is 6.54 Å². The Labute approximate surface area is 123 Å². The molecule has 0 saturated carbocycles. The monoisotopic (exact) mass is 279 g/mol. The van der Waals surface area contributed by atoms with Gasteiger partial charge in [0.05, 0.1) is 0 Å². The first kappa shape index (κ1) is 16.5. The van der Waals surface area contributed by atoms with Crippen LogP contribution in [0.4, 0.5) is 0 Å². The van der Waals surface area contributed by atoms with Gasteiger partial charge < -0.3 is 14.8 Å². The first-order valence-corrected chi connectivity index (χ1v) is 7.58. The van der Waals surface area contributed by atoms with Gasteiger partial charge in [-0.2, -0.15) is 0 Å². The van der Waals surface area contributed by atoms with Gasteiger partial charge >= 0.3 is 0 Å². The molecule has 0 aliphatic carbocycles. The Kier molecular flexibility index (Phi) is 7.77. The quantitative estimate of drug-likeness (QED) is 0.451. The Balaban J connectivity index is 2.17. The van der Waals surface area contributed by atoms with E-state index in [2.05, 4.69) is 38.7 Å². The third kappa shape index (κ3) is 5.63. The minimum Gasteiger partial charge on any atom is -0.356 e. The van der Waals surface area contributed by atoms with E-state index in [4.69, 9.17) is 0 Å². The van der Waals surface area contributed by atoms with E-state index in [-0.39, 0.29) is 0 Å². The predicted molar refractivity (Wildman–Crippen MR) is 85.1 cm³/mol. The van der Waals surface area contributed by atoms with E-state index in [1.165, 1.54) is 12.8 Å². The summed E-state index contributed by atoms with van der Waals surface area (Å²) in [6, 6.07) is 0. The van der Waals surface area contributed by atoms with Crippen molar-refractivity contribution >= 4 is 5.96 Å². The summed E-state index contributed by atoms with van der Waals surface area (Å²) in [6.07, 6.45) is 8.61. The molecule has 1 heterocycles. The molecule has 1 N–H and O–H groups in total. The van der Waals surface area contributed by atoms with Crippen LogP contribution in [0.2, 0.25) is 0 Å². The van der Waals surface area contributed by atoms with Gasteiger partial charge in [-0.1, -0.05) is 13.3 Å². The first-order chi connectivity index (χ1) is 9.69. The Bertz CT molecular complexity index is 397. The molecule has 114 valence electrons. The average Bonchev–Trinajstić information content (AvgIpc) is 2.85. The Hall–Kier alpha value is -1.52. The van der Waals surface area contributed by atoms with Crippen LogP contribution < -0.4 is 5.32 Å². The maximum Gasteiger partial charge on any atom is 0.193 e. The fourth-order valence-corrected chi connectivity index (χ4v) is 2.13. The normalized spacial score (nSPS) is 11.7. The summed E-state index contributed by atoms with van der Waals surface area (Å²) in [7, 11) is 3.94. The average molecular weight is 279 g/mol. The number of rotatable bonds is 8. The van der Waals surface area contributed by atoms with Crippen LogP contribution in [0, 0.1) is 6.92 Å². The van der Waals surface area contributed by atoms with Gasteiger partial charge in [0.1, 0.15) is 5.82 Å². The van der Waals surface area contributed by atoms with Crippen molar-refractivity contribution in [1.82, 2.24) is 19.8 Å². The number of imidazole rings is 1. The van der Waals surface area contributed by atoms with Crippen molar-refractivity contribution in [2.75, 3.05) is 27.2 Å². The molecule has 0 radical (unpaired) electrons. The molecule has 0 aromatic carbocycles. The predicted octanol–water partition coefficient (Wildman–Crippen LogP) is 2.28. The molecule has 0 unspecified atom stereocenters. The van der Waals surface area contributed by atoms with Crippen LogP contribution in [-0.4, -0.2) is 47.6 Å². The van der Waals surface area contributed by atoms with Crippen molar-refractivity contribution in [2.45, 2.75) is 46.1 Å². The van der Waals surface area contributed by atoms with Gasteiger partial charge in [0.15, 0.2) is 5.96 Å². The van der Waals surface area contributed by atoms with Crippen LogP contribution in [0.25, 0.3) is 0 Å². The van der Waals surface area contributed by atoms with Crippen LogP contribution in [0.1, 0.15) is 38.4 Å². The summed E-state index contributed by atoms with van der Waals surface area (Å²) in [5.41, 5.74) is 0. The van der Waals surface area contributed by atoms with Crippen LogP contribution >= 0.6 is 0 Å². The molecule has 0 atom stereocenters. The van der Waals surface area contributed by atoms with Gasteiger partial charge in [-0.25, -0.2) is 4.98 Å². The third-order valence-corrected chi connectivity index (χ3v) is 3.45. The second-order valence-corrected chi connectivity index (χ2v) is 5.12. The number of nitrogens with one attached hydrogen (secondary N) is 1. The second-order valence-electron chi connectivity index (χ2n) is 5.12. The second kappa shape index (κ2) is 9.39. The lowest BCUT2D eigenvalue weighted by Gasteiger charge is -2.21. The van der Waals surface area contributed by atoms with E-state index in [0.717, 1.165) is 44.3 Å². The molecular formula is C15H29N5. The van der Waals surface area contributed by atoms with Crippen molar-refractivity contribution in [3.63, 3.8) is 0 Å². The first-order valence-electron chi connectivity index (χ1n) is 7.58. The molecule has 0 saturated heterocycles. The molecule has 0 bridgehead atoms. The molecule has 0 amide bonds. The number of hydrogen-bond acceptors (Lipinski definition) is 2. The van der Waals surface area contributed by atoms with E-state index in [9.17, 15) is 0 Å². The van der Waals surface area contributed by atoms with Crippen LogP contribution in [0.5, 0.6) is 0 Å². The summed E-state index contributed by atoms with van der Waals surface area (Å²) in [5, 5.41) is 3.42. The number of hydrogen-bond donors (Lipinski definition) is 1. The largest absolute Gasteiger partial charge is 0.356 e. The fourth-order valence-electron chi connectivity index (χ4n) is 2.13. The highest BCUT2D eigenvalue weighted by molar-refractivity contribution is 5.79. The molecule has 5 nitrogen and oxygen atoms in total. The molecule has 0 aliphatic heterocycles. The smallest absolute Gasteiger partial charge is 0.193 e. The van der Waals surface area contributed by atoms with Crippen molar-refractivity contribution in [1.29, 1.82) is 0 Å². The SMILES string of the molecule is CCCCN(C)C(=NC)NCCCCn1ccnc1C. The van der Waals surface area contributed by atoms with E-state index >= 15 is 0 Å². The van der Waals surface area contributed by atoms with E-state index in [1.54, 1.807) is 0 Å². The van der Waals surface area contributed by atoms with Gasteiger partial charge in [-0.3, -0.25) is 4.99 Å². The van der Waals surface area contributed by atoms with Gasteiger partial charge in [0, 0.05) is 46.1 Å². The molecule has 1 aromatic rings. The van der Waals surface area contributed by atoms with Crippen molar-refractivity contribution in [2.24, 2.45) is 4.99 Å². The van der Waals surface area contributed by atoms with Crippen molar-refractivity contribution < 1.29 is 0 Å². The molecule has 0 fully saturated rings. The molecule has 1 rings (SSSR count). The topological polar surface area (TPSA) is 45.5 Å². The summed E-state index contributed by atoms with van der Waals surface area (Å²) in [4.78, 5) is 10.7. The summed E-state index contributed by atoms with van der Waals surface area (Å²) in [6.45, 7) is 7.32. The number of nitrogens with zero attached hydrogens (tertiary/aromatic N) is 4. The van der Waals surface area contributed by atoms with E-state index in [1.807, 2.05) is 26.4 Å². The number of aryl methyl sites for hydroxylation is 2. The van der Waals surface area contributed by atoms with Gasteiger partial charge in [0.25, 0.3) is 0 Å². The molecule has 0 aliphatic rings. The molecule has 20 heavy (non-hydrogen) atoms. The Morgan fingerprint density at radius 1 is 1.40 bits per heavy atom. The minimum absolute atomic E-state index is 0.969. The zero-order valence-electron chi connectivity index (χ0n) is 13.4. The summed E-state index contributed by atoms with van der Waals surface area (Å²) >= 11 is 0. The lowest BCUT2D eigenvalue weighted by Crippen LogP contribution is -2.39. The standard InChI is InChI=1S/C15H29N5/c1-5-6-11-19(4)15(16-3)18-9-7-8-12-20-13-10-17-14(20)2/h10,13H,5-9,11-12H2,1-4H3,(H,16,18). The summed E-state index contributed by atoms with van der Waals surface area (Å²) in [5.74, 6) is 2.09. The third-order valence-electron chi connectivity index (χ3n) is 3.45. The number of unbranched alkanes of at least 4 members (excludes halogenated alkanes) is 2. The number of guanidine groups is 1. The maximum absolute atomic E-state index is 4.32. The summed E-state index contributed by atoms with van der Waals surface area (Å²) < 4.78 is 2.20. The number of aliphatic imine (C=N–C) groups is 1.